The molecule has 0 unspecified atom stereocenters. The fraction of sp³-hybridized carbons (Fsp3) is 0.316. The first-order valence-electron chi connectivity index (χ1n) is 8.46. The fourth-order valence-corrected chi connectivity index (χ4v) is 3.10. The number of hydrogen-bond acceptors (Lipinski definition) is 5. The Bertz CT molecular complexity index is 797. The molecular formula is C19H19FN2O4. The van der Waals surface area contributed by atoms with Gasteiger partial charge in [-0.25, -0.2) is 4.39 Å². The Balaban J connectivity index is 1.34. The molecule has 26 heavy (non-hydrogen) atoms. The maximum atomic E-state index is 13.1. The lowest BCUT2D eigenvalue weighted by Gasteiger charge is -2.32. The summed E-state index contributed by atoms with van der Waals surface area (Å²) in [7, 11) is 0. The maximum absolute atomic E-state index is 13.1. The SMILES string of the molecule is O=C(CN1CCO[C@H](c2ccc(F)cc2)C1)Nc1ccc2c(c1)OCO2. The summed E-state index contributed by atoms with van der Waals surface area (Å²) >= 11 is 0. The van der Waals surface area contributed by atoms with Gasteiger partial charge in [-0.1, -0.05) is 12.1 Å². The van der Waals surface area contributed by atoms with E-state index >= 15 is 0 Å². The van der Waals surface area contributed by atoms with Crippen molar-refractivity contribution in [2.75, 3.05) is 38.4 Å². The molecule has 2 aliphatic rings. The molecule has 1 atom stereocenters. The number of halogens is 1. The lowest BCUT2D eigenvalue weighted by molar-refractivity contribution is -0.119. The van der Waals surface area contributed by atoms with E-state index in [9.17, 15) is 9.18 Å². The van der Waals surface area contributed by atoms with Gasteiger partial charge in [-0.15, -0.1) is 0 Å². The first-order chi connectivity index (χ1) is 12.7. The number of morpholine rings is 1. The molecule has 1 saturated heterocycles. The van der Waals surface area contributed by atoms with E-state index in [4.69, 9.17) is 14.2 Å². The minimum Gasteiger partial charge on any atom is -0.454 e. The summed E-state index contributed by atoms with van der Waals surface area (Å²) < 4.78 is 29.4. The van der Waals surface area contributed by atoms with Crippen molar-refractivity contribution in [1.29, 1.82) is 0 Å². The van der Waals surface area contributed by atoms with Crippen LogP contribution < -0.4 is 14.8 Å². The van der Waals surface area contributed by atoms with Gasteiger partial charge in [-0.05, 0) is 29.8 Å². The van der Waals surface area contributed by atoms with Crippen LogP contribution in [0, 0.1) is 5.82 Å². The molecule has 0 aliphatic carbocycles. The van der Waals surface area contributed by atoms with Crippen LogP contribution in [0.3, 0.4) is 0 Å². The largest absolute Gasteiger partial charge is 0.454 e. The van der Waals surface area contributed by atoms with Crippen LogP contribution in [0.5, 0.6) is 11.5 Å². The highest BCUT2D eigenvalue weighted by Crippen LogP contribution is 2.34. The molecule has 4 rings (SSSR count). The molecule has 0 spiro atoms. The van der Waals surface area contributed by atoms with Crippen molar-refractivity contribution in [3.63, 3.8) is 0 Å². The number of anilines is 1. The molecule has 136 valence electrons. The molecule has 2 aliphatic heterocycles. The summed E-state index contributed by atoms with van der Waals surface area (Å²) in [6.45, 7) is 2.24. The van der Waals surface area contributed by atoms with Crippen LogP contribution in [0.4, 0.5) is 10.1 Å². The van der Waals surface area contributed by atoms with Gasteiger partial charge in [0.1, 0.15) is 5.82 Å². The zero-order valence-corrected chi connectivity index (χ0v) is 14.1. The van der Waals surface area contributed by atoms with E-state index < -0.39 is 0 Å². The van der Waals surface area contributed by atoms with Gasteiger partial charge in [-0.3, -0.25) is 9.69 Å². The highest BCUT2D eigenvalue weighted by atomic mass is 19.1. The first kappa shape index (κ1) is 16.8. The van der Waals surface area contributed by atoms with Gasteiger partial charge in [0.05, 0.1) is 19.3 Å². The zero-order valence-electron chi connectivity index (χ0n) is 14.1. The average Bonchev–Trinajstić information content (AvgIpc) is 3.10. The number of benzene rings is 2. The molecular weight excluding hydrogens is 339 g/mol. The Morgan fingerprint density at radius 3 is 2.81 bits per heavy atom. The van der Waals surface area contributed by atoms with Crippen molar-refractivity contribution in [2.24, 2.45) is 0 Å². The Hall–Kier alpha value is -2.64. The number of fused-ring (bicyclic) bond motifs is 1. The van der Waals surface area contributed by atoms with Crippen LogP contribution in [0.2, 0.25) is 0 Å². The lowest BCUT2D eigenvalue weighted by atomic mass is 10.1. The van der Waals surface area contributed by atoms with Gasteiger partial charge < -0.3 is 19.5 Å². The van der Waals surface area contributed by atoms with Gasteiger partial charge >= 0.3 is 0 Å². The van der Waals surface area contributed by atoms with Crippen molar-refractivity contribution >= 4 is 11.6 Å². The number of nitrogens with one attached hydrogen (secondary N) is 1. The van der Waals surface area contributed by atoms with E-state index in [1.807, 2.05) is 4.90 Å². The average molecular weight is 358 g/mol. The third-order valence-corrected chi connectivity index (χ3v) is 4.42. The molecule has 1 amide bonds. The molecule has 2 heterocycles. The Morgan fingerprint density at radius 1 is 1.15 bits per heavy atom. The number of rotatable bonds is 4. The van der Waals surface area contributed by atoms with Gasteiger partial charge in [0.15, 0.2) is 11.5 Å². The van der Waals surface area contributed by atoms with Crippen molar-refractivity contribution in [3.05, 3.63) is 53.8 Å². The minimum absolute atomic E-state index is 0.108. The monoisotopic (exact) mass is 358 g/mol. The number of nitrogens with zero attached hydrogens (tertiary/aromatic N) is 1. The van der Waals surface area contributed by atoms with E-state index in [0.29, 0.717) is 36.9 Å². The predicted molar refractivity (Wildman–Crippen MR) is 92.7 cm³/mol. The quantitative estimate of drug-likeness (QED) is 0.910. The Kier molecular flexibility index (Phi) is 4.73. The van der Waals surface area contributed by atoms with Gasteiger partial charge in [-0.2, -0.15) is 0 Å². The first-order valence-corrected chi connectivity index (χ1v) is 8.46. The number of carbonyl (C=O) groups is 1. The number of carbonyl (C=O) groups excluding carboxylic acids is 1. The highest BCUT2D eigenvalue weighted by molar-refractivity contribution is 5.92. The predicted octanol–water partition coefficient (Wildman–Crippen LogP) is 2.57. The molecule has 0 aromatic heterocycles. The third-order valence-electron chi connectivity index (χ3n) is 4.42. The van der Waals surface area contributed by atoms with E-state index in [1.165, 1.54) is 12.1 Å². The van der Waals surface area contributed by atoms with Gasteiger partial charge in [0.25, 0.3) is 0 Å². The summed E-state index contributed by atoms with van der Waals surface area (Å²) in [5.41, 5.74) is 1.58. The van der Waals surface area contributed by atoms with E-state index in [0.717, 1.165) is 5.56 Å². The molecule has 0 saturated carbocycles. The third kappa shape index (κ3) is 3.79. The van der Waals surface area contributed by atoms with Gasteiger partial charge in [0, 0.05) is 24.8 Å². The molecule has 0 bridgehead atoms. The summed E-state index contributed by atoms with van der Waals surface area (Å²) in [6, 6.07) is 11.6. The van der Waals surface area contributed by atoms with Crippen LogP contribution >= 0.6 is 0 Å². The minimum atomic E-state index is -0.274. The smallest absolute Gasteiger partial charge is 0.238 e. The van der Waals surface area contributed by atoms with Crippen LogP contribution in [0.15, 0.2) is 42.5 Å². The molecule has 6 nitrogen and oxygen atoms in total. The van der Waals surface area contributed by atoms with E-state index in [2.05, 4.69) is 5.32 Å². The van der Waals surface area contributed by atoms with E-state index in [-0.39, 0.29) is 31.2 Å². The van der Waals surface area contributed by atoms with Crippen LogP contribution in [0.25, 0.3) is 0 Å². The molecule has 1 fully saturated rings. The summed E-state index contributed by atoms with van der Waals surface area (Å²) in [6.07, 6.45) is -0.164. The van der Waals surface area contributed by atoms with Gasteiger partial charge in [0.2, 0.25) is 12.7 Å². The van der Waals surface area contributed by atoms with Crippen molar-refractivity contribution in [2.45, 2.75) is 6.10 Å². The highest BCUT2D eigenvalue weighted by Gasteiger charge is 2.24. The normalized spacial score (nSPS) is 19.3. The van der Waals surface area contributed by atoms with Crippen LogP contribution in [-0.2, 0) is 9.53 Å². The molecule has 1 N–H and O–H groups in total. The second-order valence-corrected chi connectivity index (χ2v) is 6.26. The lowest BCUT2D eigenvalue weighted by Crippen LogP contribution is -2.42. The van der Waals surface area contributed by atoms with Crippen LogP contribution in [-0.4, -0.2) is 43.8 Å². The zero-order chi connectivity index (χ0) is 17.9. The maximum Gasteiger partial charge on any atom is 0.238 e. The topological polar surface area (TPSA) is 60.0 Å². The second kappa shape index (κ2) is 7.31. The van der Waals surface area contributed by atoms with Crippen molar-refractivity contribution in [3.8, 4) is 11.5 Å². The van der Waals surface area contributed by atoms with Crippen molar-refractivity contribution in [1.82, 2.24) is 4.90 Å². The Morgan fingerprint density at radius 2 is 1.96 bits per heavy atom. The second-order valence-electron chi connectivity index (χ2n) is 6.26. The molecule has 2 aromatic rings. The number of ether oxygens (including phenoxy) is 3. The standard InChI is InChI=1S/C19H19FN2O4/c20-14-3-1-13(2-4-14)18-10-22(7-8-24-18)11-19(23)21-15-5-6-16-17(9-15)26-12-25-16/h1-6,9,18H,7-8,10-12H2,(H,21,23)/t18-/m0/s1. The Labute approximate surface area is 150 Å². The summed E-state index contributed by atoms with van der Waals surface area (Å²) in [4.78, 5) is 14.4. The fourth-order valence-electron chi connectivity index (χ4n) is 3.10. The molecule has 7 heteroatoms. The molecule has 0 radical (unpaired) electrons. The van der Waals surface area contributed by atoms with Crippen molar-refractivity contribution < 1.29 is 23.4 Å². The number of hydrogen-bond donors (Lipinski definition) is 1. The molecule has 2 aromatic carbocycles. The summed E-state index contributed by atoms with van der Waals surface area (Å²) in [5, 5.41) is 2.87. The van der Waals surface area contributed by atoms with Crippen LogP contribution in [0.1, 0.15) is 11.7 Å². The number of amides is 1. The summed E-state index contributed by atoms with van der Waals surface area (Å²) in [5.74, 6) is 0.928. The van der Waals surface area contributed by atoms with E-state index in [1.54, 1.807) is 30.3 Å².